The second kappa shape index (κ2) is 24.7. The quantitative estimate of drug-likeness (QED) is 0.0534. The largest absolute Gasteiger partial charge is 0.394 e. The van der Waals surface area contributed by atoms with Crippen molar-refractivity contribution in [1.29, 1.82) is 0 Å². The first-order valence-electron chi connectivity index (χ1n) is 21.6. The minimum absolute atomic E-state index is 0.118. The van der Waals surface area contributed by atoms with E-state index in [0.29, 0.717) is 0 Å². The third-order valence-electron chi connectivity index (χ3n) is 12.3. The van der Waals surface area contributed by atoms with Gasteiger partial charge in [-0.15, -0.1) is 0 Å². The molecule has 5 aliphatic rings. The first kappa shape index (κ1) is 57.0. The lowest BCUT2D eigenvalue weighted by Crippen LogP contribution is -2.71. The molecule has 68 heavy (non-hydrogen) atoms. The summed E-state index contributed by atoms with van der Waals surface area (Å²) < 4.78 is 57.6. The fraction of sp³-hybridized carbons (Fsp3) is 0.947. The molecule has 0 saturated carbocycles. The van der Waals surface area contributed by atoms with Crippen molar-refractivity contribution >= 4 is 12.2 Å². The van der Waals surface area contributed by atoms with E-state index in [-0.39, 0.29) is 6.29 Å². The lowest BCUT2D eigenvalue weighted by molar-refractivity contribution is -0.389. The Labute approximate surface area is 386 Å². The smallest absolute Gasteiger partial charge is 0.217 e. The molecule has 5 fully saturated rings. The molecule has 0 aromatic heterocycles. The van der Waals surface area contributed by atoms with Crippen LogP contribution in [-0.4, -0.2) is 303 Å². The molecule has 18 N–H and O–H groups in total. The number of hydrogen-bond donors (Lipinski definition) is 18. The Balaban J connectivity index is 1.51. The number of aldehydes is 1. The van der Waals surface area contributed by atoms with Crippen LogP contribution in [0.25, 0.3) is 0 Å². The van der Waals surface area contributed by atoms with E-state index in [0.717, 1.165) is 6.92 Å². The van der Waals surface area contributed by atoms with Crippen molar-refractivity contribution in [3.8, 4) is 0 Å². The third-order valence-corrected chi connectivity index (χ3v) is 12.3. The van der Waals surface area contributed by atoms with Gasteiger partial charge in [-0.3, -0.25) is 4.79 Å². The minimum atomic E-state index is -2.33. The predicted molar refractivity (Wildman–Crippen MR) is 209 cm³/mol. The highest BCUT2D eigenvalue weighted by Gasteiger charge is 2.58. The summed E-state index contributed by atoms with van der Waals surface area (Å²) in [6, 6.07) is -1.84. The number of ether oxygens (including phenoxy) is 10. The van der Waals surface area contributed by atoms with Crippen molar-refractivity contribution in [1.82, 2.24) is 5.32 Å². The van der Waals surface area contributed by atoms with E-state index >= 15 is 0 Å². The molecule has 0 aromatic carbocycles. The normalized spacial score (nSPS) is 47.7. The number of hydrogen-bond acceptors (Lipinski definition) is 29. The van der Waals surface area contributed by atoms with Gasteiger partial charge in [-0.2, -0.15) is 0 Å². The Morgan fingerprint density at radius 3 is 1.47 bits per heavy atom. The van der Waals surface area contributed by atoms with Crippen molar-refractivity contribution < 1.29 is 144 Å². The van der Waals surface area contributed by atoms with Crippen LogP contribution in [0.5, 0.6) is 0 Å². The molecule has 396 valence electrons. The highest BCUT2D eigenvalue weighted by molar-refractivity contribution is 5.73. The molecule has 5 heterocycles. The van der Waals surface area contributed by atoms with E-state index in [9.17, 15) is 96.4 Å². The zero-order valence-electron chi connectivity index (χ0n) is 36.7. The Kier molecular flexibility index (Phi) is 20.7. The van der Waals surface area contributed by atoms with Gasteiger partial charge < -0.3 is 144 Å². The van der Waals surface area contributed by atoms with Gasteiger partial charge in [-0.05, 0) is 13.8 Å². The highest BCUT2D eigenvalue weighted by Crippen LogP contribution is 2.37. The van der Waals surface area contributed by atoms with Crippen molar-refractivity contribution in [3.63, 3.8) is 0 Å². The number of rotatable bonds is 19. The van der Waals surface area contributed by atoms with Gasteiger partial charge in [0.1, 0.15) is 134 Å². The number of carbonyl (C=O) groups is 2. The summed E-state index contributed by atoms with van der Waals surface area (Å²) in [5, 5.41) is 183. The molecule has 30 nitrogen and oxygen atoms in total. The summed E-state index contributed by atoms with van der Waals surface area (Å²) in [6.45, 7) is -0.743. The molecule has 1 amide bonds. The Morgan fingerprint density at radius 2 is 0.941 bits per heavy atom. The molecule has 0 aromatic rings. The molecule has 0 bridgehead atoms. The van der Waals surface area contributed by atoms with Crippen LogP contribution in [0.2, 0.25) is 0 Å². The van der Waals surface area contributed by atoms with Crippen LogP contribution in [0.15, 0.2) is 0 Å². The second-order valence-corrected chi connectivity index (χ2v) is 17.1. The van der Waals surface area contributed by atoms with Gasteiger partial charge in [0.25, 0.3) is 0 Å². The van der Waals surface area contributed by atoms with Gasteiger partial charge in [-0.1, -0.05) is 0 Å². The van der Waals surface area contributed by atoms with Gasteiger partial charge in [-0.25, -0.2) is 0 Å². The van der Waals surface area contributed by atoms with E-state index in [4.69, 9.17) is 47.4 Å². The molecule has 30 heteroatoms. The maximum atomic E-state index is 12.9. The Bertz CT molecular complexity index is 1570. The van der Waals surface area contributed by atoms with Crippen LogP contribution in [-0.2, 0) is 57.0 Å². The Hall–Kier alpha value is -1.94. The summed E-state index contributed by atoms with van der Waals surface area (Å²) in [7, 11) is 0. The van der Waals surface area contributed by atoms with Crippen molar-refractivity contribution in [2.24, 2.45) is 0 Å². The molecule has 0 spiro atoms. The van der Waals surface area contributed by atoms with E-state index in [1.54, 1.807) is 0 Å². The van der Waals surface area contributed by atoms with Gasteiger partial charge in [0.15, 0.2) is 37.7 Å². The average molecular weight is 1000 g/mol. The Morgan fingerprint density at radius 1 is 0.515 bits per heavy atom. The summed E-state index contributed by atoms with van der Waals surface area (Å²) in [5.41, 5.74) is 0. The van der Waals surface area contributed by atoms with Crippen LogP contribution in [0, 0.1) is 0 Å². The first-order valence-corrected chi connectivity index (χ1v) is 21.6. The van der Waals surface area contributed by atoms with Crippen molar-refractivity contribution in [2.75, 3.05) is 26.4 Å². The van der Waals surface area contributed by atoms with E-state index in [2.05, 4.69) is 5.32 Å². The van der Waals surface area contributed by atoms with Gasteiger partial charge in [0, 0.05) is 6.92 Å². The zero-order chi connectivity index (χ0) is 50.6. The highest BCUT2D eigenvalue weighted by atomic mass is 16.8. The molecule has 5 saturated heterocycles. The molecule has 29 atom stereocenters. The van der Waals surface area contributed by atoms with E-state index < -0.39 is 210 Å². The van der Waals surface area contributed by atoms with Gasteiger partial charge in [0.05, 0.1) is 38.6 Å². The van der Waals surface area contributed by atoms with Crippen LogP contribution in [0.3, 0.4) is 0 Å². The predicted octanol–water partition coefficient (Wildman–Crippen LogP) is -12.1. The van der Waals surface area contributed by atoms with Gasteiger partial charge >= 0.3 is 0 Å². The average Bonchev–Trinajstić information content (AvgIpc) is 3.31. The molecular formula is C38H65NO29. The lowest BCUT2D eigenvalue weighted by Gasteiger charge is -2.51. The minimum Gasteiger partial charge on any atom is -0.394 e. The maximum Gasteiger partial charge on any atom is 0.217 e. The molecule has 5 rings (SSSR count). The SMILES string of the molecule is CC(=O)N[C@H]1[C@H](O[C@H]2[C@@H](O)[C@@H](CO)O[C@@H](O[C@@H]([C@H](O[C@@H]3O[C@@H](C)[C@@H](O)[C@@H](O)[C@@H]3O)[C@@H](O)C=O)[C@H](O)CO)[C@@H]2O)O[C@H](CO)[C@@H](O[C@@H]2O[C@H](CO)[C@H](O)[C@H](O)[C@H]2O)[C@@H]1O[C@@H]1O[C@@H](C)[C@@H](O)[C@@H](O)[C@@H]1O. The summed E-state index contributed by atoms with van der Waals surface area (Å²) in [4.78, 5) is 24.9. The fourth-order valence-electron chi connectivity index (χ4n) is 8.33. The van der Waals surface area contributed by atoms with Crippen molar-refractivity contribution in [2.45, 2.75) is 199 Å². The van der Waals surface area contributed by atoms with Crippen LogP contribution in [0.4, 0.5) is 0 Å². The molecule has 0 radical (unpaired) electrons. The van der Waals surface area contributed by atoms with Crippen molar-refractivity contribution in [3.05, 3.63) is 0 Å². The zero-order valence-corrected chi connectivity index (χ0v) is 36.7. The standard InChI is InChI=1S/C38H65NO29/c1-9-18(48)22(52)25(55)35(59-9)64-29(12(46)4-40)30(13(47)5-41)65-38-28(58)33(21(51)15(7-43)62-38)68-34-17(39-11(3)45)32(67-36-26(56)23(53)19(49)10(2)60-36)31(16(8-44)63-34)66-37-27(57)24(54)20(50)14(6-42)61-37/h4,9-10,12-38,41-44,46-58H,5-8H2,1-3H3,(H,39,45)/t9-,10-,12-,13+,14+,15+,16+,17+,18+,19+,20-,21-,22+,23+,24-,25-,26-,27+,28+,29+,30+,31+,32+,33-,34-,35-,36-,37-,38-/m0/s1. The summed E-state index contributed by atoms with van der Waals surface area (Å²) in [5.74, 6) is -0.893. The lowest BCUT2D eigenvalue weighted by atomic mass is 9.93. The molecule has 5 aliphatic heterocycles. The van der Waals surface area contributed by atoms with Gasteiger partial charge in [0.2, 0.25) is 5.91 Å². The van der Waals surface area contributed by atoms with E-state index in [1.165, 1.54) is 13.8 Å². The maximum absolute atomic E-state index is 12.9. The number of aliphatic hydroxyl groups excluding tert-OH is 17. The fourth-order valence-corrected chi connectivity index (χ4v) is 8.33. The monoisotopic (exact) mass is 999 g/mol. The number of amides is 1. The summed E-state index contributed by atoms with van der Waals surface area (Å²) in [6.07, 6.45) is -54.1. The first-order chi connectivity index (χ1) is 32.0. The number of aliphatic hydroxyl groups is 17. The summed E-state index contributed by atoms with van der Waals surface area (Å²) >= 11 is 0. The van der Waals surface area contributed by atoms with Crippen LogP contribution < -0.4 is 5.32 Å². The van der Waals surface area contributed by atoms with E-state index in [1.807, 2.05) is 0 Å². The molecule has 0 unspecified atom stereocenters. The van der Waals surface area contributed by atoms with Crippen LogP contribution >= 0.6 is 0 Å². The third kappa shape index (κ3) is 12.3. The van der Waals surface area contributed by atoms with Crippen LogP contribution in [0.1, 0.15) is 20.8 Å². The molecule has 0 aliphatic carbocycles. The molecular weight excluding hydrogens is 934 g/mol. The number of nitrogens with one attached hydrogen (secondary N) is 1. The second-order valence-electron chi connectivity index (χ2n) is 17.1. The topological polar surface area (TPSA) is 482 Å². The number of carbonyl (C=O) groups excluding carboxylic acids is 2.